The van der Waals surface area contributed by atoms with E-state index >= 15 is 0 Å². The van der Waals surface area contributed by atoms with Gasteiger partial charge in [-0.15, -0.1) is 0 Å². The van der Waals surface area contributed by atoms with Crippen LogP contribution < -0.4 is 0 Å². The second-order valence-corrected chi connectivity index (χ2v) is 7.64. The molecule has 0 bridgehead atoms. The van der Waals surface area contributed by atoms with Gasteiger partial charge < -0.3 is 14.3 Å². The number of aldehydes is 1. The highest BCUT2D eigenvalue weighted by Crippen LogP contribution is 2.32. The number of ether oxygens (including phenoxy) is 2. The molecule has 0 aromatic carbocycles. The van der Waals surface area contributed by atoms with E-state index in [9.17, 15) is 4.79 Å². The smallest absolute Gasteiger partial charge is 0.122 e. The number of carbonyl (C=O) groups excluding carboxylic acids is 1. The summed E-state index contributed by atoms with van der Waals surface area (Å²) in [5, 5.41) is 0. The number of rotatable bonds is 7. The molecule has 2 aliphatic heterocycles. The average Bonchev–Trinajstić information content (AvgIpc) is 2.47. The Balaban J connectivity index is 1.80. The number of carbonyl (C=O) groups is 1. The minimum absolute atomic E-state index is 0.114. The molecule has 2 saturated heterocycles. The zero-order valence-corrected chi connectivity index (χ0v) is 14.6. The molecule has 3 nitrogen and oxygen atoms in total. The second-order valence-electron chi connectivity index (χ2n) is 7.64. The Bertz CT molecular complexity index is 331. The van der Waals surface area contributed by atoms with Crippen LogP contribution in [0.4, 0.5) is 0 Å². The first-order valence-corrected chi connectivity index (χ1v) is 9.36. The topological polar surface area (TPSA) is 35.5 Å². The van der Waals surface area contributed by atoms with Crippen LogP contribution in [0.1, 0.15) is 78.6 Å². The fourth-order valence-corrected chi connectivity index (χ4v) is 4.13. The Kier molecular flexibility index (Phi) is 7.36. The second kappa shape index (κ2) is 9.02. The molecule has 2 rings (SSSR count). The molecule has 0 saturated carbocycles. The summed E-state index contributed by atoms with van der Waals surface area (Å²) in [6, 6.07) is 0. The molecule has 0 radical (unpaired) electrons. The van der Waals surface area contributed by atoms with Gasteiger partial charge in [-0.3, -0.25) is 0 Å². The summed E-state index contributed by atoms with van der Waals surface area (Å²) in [5.41, 5.74) is 0. The largest absolute Gasteiger partial charge is 0.375 e. The molecular formula is C19H34O3. The van der Waals surface area contributed by atoms with Crippen molar-refractivity contribution in [3.05, 3.63) is 0 Å². The van der Waals surface area contributed by atoms with Gasteiger partial charge in [0.15, 0.2) is 0 Å². The molecule has 6 atom stereocenters. The predicted octanol–water partition coefficient (Wildman–Crippen LogP) is 4.52. The fourth-order valence-electron chi connectivity index (χ4n) is 4.13. The van der Waals surface area contributed by atoms with E-state index in [1.807, 2.05) is 6.92 Å². The van der Waals surface area contributed by atoms with E-state index < -0.39 is 0 Å². The zero-order chi connectivity index (χ0) is 15.9. The van der Waals surface area contributed by atoms with E-state index in [4.69, 9.17) is 9.47 Å². The minimum Gasteiger partial charge on any atom is -0.375 e. The molecule has 2 aliphatic rings. The molecule has 0 aliphatic carbocycles. The van der Waals surface area contributed by atoms with Gasteiger partial charge in [0, 0.05) is 5.92 Å². The maximum atomic E-state index is 10.8. The van der Waals surface area contributed by atoms with Crippen molar-refractivity contribution in [3.8, 4) is 0 Å². The molecule has 0 spiro atoms. The van der Waals surface area contributed by atoms with Crippen LogP contribution in [-0.2, 0) is 14.3 Å². The summed E-state index contributed by atoms with van der Waals surface area (Å²) in [6.45, 7) is 6.58. The lowest BCUT2D eigenvalue weighted by Crippen LogP contribution is -2.37. The molecule has 2 unspecified atom stereocenters. The van der Waals surface area contributed by atoms with Gasteiger partial charge in [-0.05, 0) is 57.3 Å². The lowest BCUT2D eigenvalue weighted by atomic mass is 9.88. The first-order chi connectivity index (χ1) is 10.6. The molecule has 3 heteroatoms. The van der Waals surface area contributed by atoms with Gasteiger partial charge in [0.1, 0.15) is 6.29 Å². The summed E-state index contributed by atoms with van der Waals surface area (Å²) in [6.07, 6.45) is 12.6. The molecule has 0 N–H and O–H groups in total. The monoisotopic (exact) mass is 310 g/mol. The summed E-state index contributed by atoms with van der Waals surface area (Å²) < 4.78 is 12.6. The highest BCUT2D eigenvalue weighted by Gasteiger charge is 2.31. The Morgan fingerprint density at radius 1 is 1.09 bits per heavy atom. The Hall–Kier alpha value is -0.410. The van der Waals surface area contributed by atoms with Crippen molar-refractivity contribution in [1.29, 1.82) is 0 Å². The van der Waals surface area contributed by atoms with Crippen LogP contribution >= 0.6 is 0 Å². The number of hydrogen-bond acceptors (Lipinski definition) is 3. The summed E-state index contributed by atoms with van der Waals surface area (Å²) in [5.74, 6) is 0.883. The quantitative estimate of drug-likeness (QED) is 0.648. The lowest BCUT2D eigenvalue weighted by Gasteiger charge is -2.38. The third-order valence-corrected chi connectivity index (χ3v) is 5.16. The van der Waals surface area contributed by atoms with Crippen molar-refractivity contribution in [2.45, 2.75) is 103 Å². The predicted molar refractivity (Wildman–Crippen MR) is 88.9 cm³/mol. The Morgan fingerprint density at radius 3 is 2.50 bits per heavy atom. The summed E-state index contributed by atoms with van der Waals surface area (Å²) in [7, 11) is 0. The first kappa shape index (κ1) is 17.9. The Morgan fingerprint density at radius 2 is 1.77 bits per heavy atom. The van der Waals surface area contributed by atoms with Crippen LogP contribution in [0.25, 0.3) is 0 Å². The van der Waals surface area contributed by atoms with Crippen LogP contribution in [0.5, 0.6) is 0 Å². The molecular weight excluding hydrogens is 276 g/mol. The van der Waals surface area contributed by atoms with Gasteiger partial charge in [0.05, 0.1) is 24.4 Å². The highest BCUT2D eigenvalue weighted by molar-refractivity contribution is 5.52. The first-order valence-electron chi connectivity index (χ1n) is 9.36. The SMILES string of the molecule is CCCC1C[C@H](C)C[C@H](CC2CCC[C@H](C[C@@H](C)C=O)O2)O1. The molecule has 2 heterocycles. The van der Waals surface area contributed by atoms with Gasteiger partial charge in [-0.25, -0.2) is 0 Å². The molecule has 0 aromatic rings. The molecule has 22 heavy (non-hydrogen) atoms. The third-order valence-electron chi connectivity index (χ3n) is 5.16. The standard InChI is InChI=1S/C19H34O3/c1-4-6-16-9-14(2)10-19(22-16)12-18-8-5-7-17(21-18)11-15(3)13-20/h13-19H,4-12H2,1-3H3/t14-,15+,16?,17+,18?,19+/m0/s1. The van der Waals surface area contributed by atoms with Gasteiger partial charge in [0.2, 0.25) is 0 Å². The van der Waals surface area contributed by atoms with Crippen LogP contribution in [0.2, 0.25) is 0 Å². The molecule has 2 fully saturated rings. The third kappa shape index (κ3) is 5.66. The van der Waals surface area contributed by atoms with Crippen LogP contribution in [-0.4, -0.2) is 30.7 Å². The highest BCUT2D eigenvalue weighted by atomic mass is 16.5. The maximum absolute atomic E-state index is 10.8. The normalized spacial score (nSPS) is 37.7. The maximum Gasteiger partial charge on any atom is 0.122 e. The van der Waals surface area contributed by atoms with Crippen LogP contribution in [0.15, 0.2) is 0 Å². The average molecular weight is 310 g/mol. The summed E-state index contributed by atoms with van der Waals surface area (Å²) >= 11 is 0. The zero-order valence-electron chi connectivity index (χ0n) is 14.6. The lowest BCUT2D eigenvalue weighted by molar-refractivity contribution is -0.124. The number of hydrogen-bond donors (Lipinski definition) is 0. The summed E-state index contributed by atoms with van der Waals surface area (Å²) in [4.78, 5) is 10.8. The van der Waals surface area contributed by atoms with E-state index in [-0.39, 0.29) is 12.0 Å². The van der Waals surface area contributed by atoms with Crippen molar-refractivity contribution in [2.24, 2.45) is 11.8 Å². The van der Waals surface area contributed by atoms with E-state index in [2.05, 4.69) is 13.8 Å². The van der Waals surface area contributed by atoms with Crippen molar-refractivity contribution in [2.75, 3.05) is 0 Å². The van der Waals surface area contributed by atoms with Crippen molar-refractivity contribution in [1.82, 2.24) is 0 Å². The van der Waals surface area contributed by atoms with E-state index in [0.29, 0.717) is 18.3 Å². The van der Waals surface area contributed by atoms with Gasteiger partial charge in [-0.1, -0.05) is 27.2 Å². The van der Waals surface area contributed by atoms with Crippen LogP contribution in [0, 0.1) is 11.8 Å². The van der Waals surface area contributed by atoms with Gasteiger partial charge in [0.25, 0.3) is 0 Å². The van der Waals surface area contributed by atoms with Crippen molar-refractivity contribution in [3.63, 3.8) is 0 Å². The Labute approximate surface area is 136 Å². The fraction of sp³-hybridized carbons (Fsp3) is 0.947. The minimum atomic E-state index is 0.114. The molecule has 0 aromatic heterocycles. The van der Waals surface area contributed by atoms with E-state index in [0.717, 1.165) is 37.9 Å². The van der Waals surface area contributed by atoms with Crippen molar-refractivity contribution < 1.29 is 14.3 Å². The van der Waals surface area contributed by atoms with Crippen molar-refractivity contribution >= 4 is 6.29 Å². The molecule has 0 amide bonds. The molecule has 128 valence electrons. The van der Waals surface area contributed by atoms with E-state index in [1.54, 1.807) is 0 Å². The van der Waals surface area contributed by atoms with Gasteiger partial charge >= 0.3 is 0 Å². The van der Waals surface area contributed by atoms with Gasteiger partial charge in [-0.2, -0.15) is 0 Å². The van der Waals surface area contributed by atoms with Crippen LogP contribution in [0.3, 0.4) is 0 Å². The van der Waals surface area contributed by atoms with E-state index in [1.165, 1.54) is 32.1 Å².